The first kappa shape index (κ1) is 7.76. The minimum absolute atomic E-state index is 0.336. The van der Waals surface area contributed by atoms with Crippen molar-refractivity contribution in [3.8, 4) is 0 Å². The van der Waals surface area contributed by atoms with Crippen LogP contribution < -0.4 is 5.73 Å². The number of methoxy groups -OCH3 is 1. The molecular weight excluding hydrogens is 126 g/mol. The van der Waals surface area contributed by atoms with Gasteiger partial charge in [-0.2, -0.15) is 0 Å². The highest BCUT2D eigenvalue weighted by molar-refractivity contribution is 4.99. The Hall–Kier alpha value is -0.340. The van der Waals surface area contributed by atoms with Crippen molar-refractivity contribution in [3.05, 3.63) is 12.2 Å². The Morgan fingerprint density at radius 3 is 2.70 bits per heavy atom. The van der Waals surface area contributed by atoms with E-state index in [1.165, 1.54) is 6.42 Å². The Morgan fingerprint density at radius 1 is 1.50 bits per heavy atom. The zero-order valence-corrected chi connectivity index (χ0v) is 6.42. The molecule has 2 atom stereocenters. The molecule has 58 valence electrons. The van der Waals surface area contributed by atoms with Crippen LogP contribution in [0.5, 0.6) is 0 Å². The van der Waals surface area contributed by atoms with Gasteiger partial charge in [0, 0.05) is 7.11 Å². The number of ether oxygens (including phenoxy) is 1. The SMILES string of the molecule is CO[C@@H]1C=CC(CN)CC1. The molecule has 0 heterocycles. The van der Waals surface area contributed by atoms with Crippen LogP contribution >= 0.6 is 0 Å². The van der Waals surface area contributed by atoms with Gasteiger partial charge in [-0.05, 0) is 25.3 Å². The first-order valence-electron chi connectivity index (χ1n) is 3.78. The Balaban J connectivity index is 2.36. The lowest BCUT2D eigenvalue weighted by Crippen LogP contribution is -2.20. The topological polar surface area (TPSA) is 35.2 Å². The van der Waals surface area contributed by atoms with Crippen molar-refractivity contribution >= 4 is 0 Å². The second-order valence-electron chi connectivity index (χ2n) is 2.73. The maximum Gasteiger partial charge on any atom is 0.0752 e. The van der Waals surface area contributed by atoms with Crippen molar-refractivity contribution in [3.63, 3.8) is 0 Å². The fourth-order valence-electron chi connectivity index (χ4n) is 1.24. The summed E-state index contributed by atoms with van der Waals surface area (Å²) in [5.41, 5.74) is 5.50. The summed E-state index contributed by atoms with van der Waals surface area (Å²) in [7, 11) is 1.75. The van der Waals surface area contributed by atoms with E-state index in [0.717, 1.165) is 13.0 Å². The summed E-state index contributed by atoms with van der Waals surface area (Å²) >= 11 is 0. The molecule has 2 nitrogen and oxygen atoms in total. The number of hydrogen-bond donors (Lipinski definition) is 1. The average Bonchev–Trinajstić information content (AvgIpc) is 2.05. The van der Waals surface area contributed by atoms with E-state index < -0.39 is 0 Å². The summed E-state index contributed by atoms with van der Waals surface area (Å²) in [5.74, 6) is 0.589. The molecule has 2 heteroatoms. The van der Waals surface area contributed by atoms with E-state index in [0.29, 0.717) is 12.0 Å². The van der Waals surface area contributed by atoms with E-state index in [9.17, 15) is 0 Å². The molecule has 0 bridgehead atoms. The summed E-state index contributed by atoms with van der Waals surface area (Å²) in [6, 6.07) is 0. The fraction of sp³-hybridized carbons (Fsp3) is 0.750. The molecule has 0 aromatic heterocycles. The van der Waals surface area contributed by atoms with Crippen LogP contribution in [0.25, 0.3) is 0 Å². The minimum atomic E-state index is 0.336. The molecule has 0 aromatic carbocycles. The highest BCUT2D eigenvalue weighted by Crippen LogP contribution is 2.17. The molecule has 1 aliphatic carbocycles. The lowest BCUT2D eigenvalue weighted by Gasteiger charge is -2.20. The lowest BCUT2D eigenvalue weighted by molar-refractivity contribution is 0.123. The summed E-state index contributed by atoms with van der Waals surface area (Å²) in [5, 5.41) is 0. The van der Waals surface area contributed by atoms with Crippen LogP contribution in [0.2, 0.25) is 0 Å². The van der Waals surface area contributed by atoms with Gasteiger partial charge in [0.1, 0.15) is 0 Å². The third-order valence-electron chi connectivity index (χ3n) is 2.03. The average molecular weight is 141 g/mol. The Labute approximate surface area is 62.1 Å². The predicted molar refractivity (Wildman–Crippen MR) is 41.7 cm³/mol. The predicted octanol–water partition coefficient (Wildman–Crippen LogP) is 0.926. The Bertz CT molecular complexity index is 108. The maximum absolute atomic E-state index is 5.50. The molecule has 0 amide bonds. The fourth-order valence-corrected chi connectivity index (χ4v) is 1.24. The van der Waals surface area contributed by atoms with Gasteiger partial charge in [0.25, 0.3) is 0 Å². The van der Waals surface area contributed by atoms with Crippen LogP contribution in [0.1, 0.15) is 12.8 Å². The highest BCUT2D eigenvalue weighted by atomic mass is 16.5. The maximum atomic E-state index is 5.50. The second kappa shape index (κ2) is 3.74. The molecule has 0 aliphatic heterocycles. The van der Waals surface area contributed by atoms with E-state index in [1.807, 2.05) is 0 Å². The van der Waals surface area contributed by atoms with Gasteiger partial charge in [-0.1, -0.05) is 12.2 Å². The molecule has 0 saturated carbocycles. The van der Waals surface area contributed by atoms with E-state index in [4.69, 9.17) is 10.5 Å². The molecule has 1 rings (SSSR count). The summed E-state index contributed by atoms with van der Waals surface area (Å²) in [4.78, 5) is 0. The van der Waals surface area contributed by atoms with E-state index >= 15 is 0 Å². The van der Waals surface area contributed by atoms with E-state index in [-0.39, 0.29) is 0 Å². The Kier molecular flexibility index (Phi) is 2.90. The van der Waals surface area contributed by atoms with E-state index in [2.05, 4.69) is 12.2 Å². The summed E-state index contributed by atoms with van der Waals surface area (Å²) < 4.78 is 5.16. The van der Waals surface area contributed by atoms with Crippen molar-refractivity contribution in [2.45, 2.75) is 18.9 Å². The number of nitrogens with two attached hydrogens (primary N) is 1. The van der Waals surface area contributed by atoms with Crippen LogP contribution in [0, 0.1) is 5.92 Å². The van der Waals surface area contributed by atoms with Gasteiger partial charge in [-0.15, -0.1) is 0 Å². The lowest BCUT2D eigenvalue weighted by atomic mass is 9.94. The first-order chi connectivity index (χ1) is 4.86. The molecule has 1 aliphatic rings. The molecule has 0 saturated heterocycles. The van der Waals surface area contributed by atoms with Crippen molar-refractivity contribution in [1.29, 1.82) is 0 Å². The van der Waals surface area contributed by atoms with Crippen molar-refractivity contribution in [2.75, 3.05) is 13.7 Å². The highest BCUT2D eigenvalue weighted by Gasteiger charge is 2.12. The normalized spacial score (nSPS) is 32.6. The van der Waals surface area contributed by atoms with Crippen LogP contribution in [0.15, 0.2) is 12.2 Å². The molecule has 0 fully saturated rings. The van der Waals surface area contributed by atoms with Gasteiger partial charge in [0.2, 0.25) is 0 Å². The molecule has 0 aromatic rings. The van der Waals surface area contributed by atoms with Gasteiger partial charge < -0.3 is 10.5 Å². The molecular formula is C8H15NO. The third-order valence-corrected chi connectivity index (χ3v) is 2.03. The second-order valence-corrected chi connectivity index (χ2v) is 2.73. The van der Waals surface area contributed by atoms with Gasteiger partial charge in [-0.3, -0.25) is 0 Å². The number of hydrogen-bond acceptors (Lipinski definition) is 2. The summed E-state index contributed by atoms with van der Waals surface area (Å²) in [6.45, 7) is 0.771. The molecule has 1 unspecified atom stereocenters. The van der Waals surface area contributed by atoms with Gasteiger partial charge in [0.05, 0.1) is 6.10 Å². The largest absolute Gasteiger partial charge is 0.377 e. The van der Waals surface area contributed by atoms with Gasteiger partial charge in [0.15, 0.2) is 0 Å². The minimum Gasteiger partial charge on any atom is -0.377 e. The van der Waals surface area contributed by atoms with Crippen LogP contribution in [0.4, 0.5) is 0 Å². The monoisotopic (exact) mass is 141 g/mol. The summed E-state index contributed by atoms with van der Waals surface area (Å²) in [6.07, 6.45) is 6.90. The smallest absolute Gasteiger partial charge is 0.0752 e. The third kappa shape index (κ3) is 1.82. The standard InChI is InChI=1S/C8H15NO/c1-10-8-4-2-7(6-9)3-5-8/h2,4,7-8H,3,5-6,9H2,1H3/t7?,8-/m1/s1. The van der Waals surface area contributed by atoms with Crippen molar-refractivity contribution in [1.82, 2.24) is 0 Å². The number of rotatable bonds is 2. The zero-order chi connectivity index (χ0) is 7.40. The van der Waals surface area contributed by atoms with Crippen molar-refractivity contribution in [2.24, 2.45) is 11.7 Å². The molecule has 0 spiro atoms. The van der Waals surface area contributed by atoms with Crippen LogP contribution in [0.3, 0.4) is 0 Å². The first-order valence-corrected chi connectivity index (χ1v) is 3.78. The Morgan fingerprint density at radius 2 is 2.30 bits per heavy atom. The van der Waals surface area contributed by atoms with Crippen LogP contribution in [-0.4, -0.2) is 19.8 Å². The molecule has 2 N–H and O–H groups in total. The quantitative estimate of drug-likeness (QED) is 0.580. The molecule has 10 heavy (non-hydrogen) atoms. The molecule has 0 radical (unpaired) electrons. The van der Waals surface area contributed by atoms with Crippen molar-refractivity contribution < 1.29 is 4.74 Å². The van der Waals surface area contributed by atoms with E-state index in [1.54, 1.807) is 7.11 Å². The van der Waals surface area contributed by atoms with Crippen LogP contribution in [-0.2, 0) is 4.74 Å². The van der Waals surface area contributed by atoms with Gasteiger partial charge >= 0.3 is 0 Å². The zero-order valence-electron chi connectivity index (χ0n) is 6.42. The van der Waals surface area contributed by atoms with Gasteiger partial charge in [-0.25, -0.2) is 0 Å².